The highest BCUT2D eigenvalue weighted by Gasteiger charge is 2.22. The van der Waals surface area contributed by atoms with E-state index >= 15 is 0 Å². The van der Waals surface area contributed by atoms with Crippen LogP contribution in [0.4, 0.5) is 0 Å². The molecule has 0 saturated carbocycles. The van der Waals surface area contributed by atoms with Crippen molar-refractivity contribution in [2.75, 3.05) is 0 Å². The number of phenolic OH excluding ortho intramolecular Hbond substituents is 3. The standard InChI is InChI=1S/C13H10O3/c14-9-1-2-11-7(4-9)3-8-5-10(15)6-12(16)13(8)11/h1-2,4-6,14-16H,3H2. The summed E-state index contributed by atoms with van der Waals surface area (Å²) in [4.78, 5) is 0. The molecule has 2 aromatic rings. The van der Waals surface area contributed by atoms with Crippen molar-refractivity contribution < 1.29 is 15.3 Å². The van der Waals surface area contributed by atoms with Gasteiger partial charge in [0.25, 0.3) is 0 Å². The first-order chi connectivity index (χ1) is 7.65. The molecule has 0 saturated heterocycles. The van der Waals surface area contributed by atoms with E-state index in [4.69, 9.17) is 0 Å². The Kier molecular flexibility index (Phi) is 1.66. The summed E-state index contributed by atoms with van der Waals surface area (Å²) in [6, 6.07) is 8.05. The first kappa shape index (κ1) is 9.09. The number of hydrogen-bond donors (Lipinski definition) is 3. The normalized spacial score (nSPS) is 12.2. The van der Waals surface area contributed by atoms with E-state index in [-0.39, 0.29) is 17.2 Å². The fourth-order valence-electron chi connectivity index (χ4n) is 2.29. The molecule has 3 rings (SSSR count). The molecule has 0 heterocycles. The number of phenols is 3. The van der Waals surface area contributed by atoms with Gasteiger partial charge in [0.1, 0.15) is 17.2 Å². The van der Waals surface area contributed by atoms with E-state index in [0.717, 1.165) is 22.3 Å². The second-order valence-corrected chi connectivity index (χ2v) is 4.02. The van der Waals surface area contributed by atoms with Crippen molar-refractivity contribution in [3.05, 3.63) is 41.5 Å². The first-order valence-electron chi connectivity index (χ1n) is 5.02. The SMILES string of the molecule is Oc1ccc2c(c1)Cc1cc(O)cc(O)c1-2. The van der Waals surface area contributed by atoms with Crippen molar-refractivity contribution in [3.63, 3.8) is 0 Å². The minimum absolute atomic E-state index is 0.0632. The van der Waals surface area contributed by atoms with Crippen molar-refractivity contribution in [2.45, 2.75) is 6.42 Å². The summed E-state index contributed by atoms with van der Waals surface area (Å²) in [5.41, 5.74) is 3.53. The highest BCUT2D eigenvalue weighted by Crippen LogP contribution is 2.44. The quantitative estimate of drug-likeness (QED) is 0.538. The molecule has 0 fully saturated rings. The van der Waals surface area contributed by atoms with Crippen LogP contribution >= 0.6 is 0 Å². The minimum atomic E-state index is 0.0632. The topological polar surface area (TPSA) is 60.7 Å². The predicted molar refractivity (Wildman–Crippen MR) is 59.7 cm³/mol. The zero-order chi connectivity index (χ0) is 11.3. The van der Waals surface area contributed by atoms with Gasteiger partial charge in [0, 0.05) is 11.6 Å². The summed E-state index contributed by atoms with van der Waals surface area (Å²) < 4.78 is 0. The third-order valence-corrected chi connectivity index (χ3v) is 2.92. The third kappa shape index (κ3) is 1.15. The van der Waals surface area contributed by atoms with E-state index in [9.17, 15) is 15.3 Å². The Morgan fingerprint density at radius 1 is 0.812 bits per heavy atom. The fourth-order valence-corrected chi connectivity index (χ4v) is 2.29. The number of hydrogen-bond acceptors (Lipinski definition) is 3. The van der Waals surface area contributed by atoms with Gasteiger partial charge in [-0.15, -0.1) is 0 Å². The molecule has 0 radical (unpaired) electrons. The van der Waals surface area contributed by atoms with Gasteiger partial charge in [0.15, 0.2) is 0 Å². The summed E-state index contributed by atoms with van der Waals surface area (Å²) in [5.74, 6) is 0.364. The van der Waals surface area contributed by atoms with Crippen LogP contribution in [0.2, 0.25) is 0 Å². The van der Waals surface area contributed by atoms with Crippen LogP contribution in [0.3, 0.4) is 0 Å². The third-order valence-electron chi connectivity index (χ3n) is 2.92. The maximum atomic E-state index is 9.81. The van der Waals surface area contributed by atoms with Crippen LogP contribution in [-0.2, 0) is 6.42 Å². The van der Waals surface area contributed by atoms with Gasteiger partial charge in [-0.3, -0.25) is 0 Å². The highest BCUT2D eigenvalue weighted by atomic mass is 16.3. The van der Waals surface area contributed by atoms with Gasteiger partial charge in [-0.1, -0.05) is 6.07 Å². The molecule has 0 atom stereocenters. The average molecular weight is 214 g/mol. The van der Waals surface area contributed by atoms with Crippen molar-refractivity contribution in [1.82, 2.24) is 0 Å². The van der Waals surface area contributed by atoms with E-state index in [2.05, 4.69) is 0 Å². The Balaban J connectivity index is 2.29. The molecule has 3 nitrogen and oxygen atoms in total. The van der Waals surface area contributed by atoms with Crippen molar-refractivity contribution in [3.8, 4) is 28.4 Å². The van der Waals surface area contributed by atoms with Crippen molar-refractivity contribution >= 4 is 0 Å². The summed E-state index contributed by atoms with van der Waals surface area (Å²) in [7, 11) is 0. The molecule has 0 unspecified atom stereocenters. The second kappa shape index (κ2) is 2.92. The first-order valence-corrected chi connectivity index (χ1v) is 5.02. The van der Waals surface area contributed by atoms with E-state index in [1.54, 1.807) is 24.3 Å². The summed E-state index contributed by atoms with van der Waals surface area (Å²) in [5, 5.41) is 28.6. The van der Waals surface area contributed by atoms with Gasteiger partial charge >= 0.3 is 0 Å². The van der Waals surface area contributed by atoms with E-state index in [1.165, 1.54) is 6.07 Å². The fraction of sp³-hybridized carbons (Fsp3) is 0.0769. The summed E-state index contributed by atoms with van der Waals surface area (Å²) in [6.07, 6.45) is 0.626. The molecular formula is C13H10O3. The second-order valence-electron chi connectivity index (χ2n) is 4.02. The zero-order valence-corrected chi connectivity index (χ0v) is 8.44. The van der Waals surface area contributed by atoms with Gasteiger partial charge in [-0.2, -0.15) is 0 Å². The molecule has 0 aliphatic heterocycles. The van der Waals surface area contributed by atoms with Crippen LogP contribution in [0.1, 0.15) is 11.1 Å². The molecule has 0 amide bonds. The Bertz CT molecular complexity index is 588. The Morgan fingerprint density at radius 3 is 2.38 bits per heavy atom. The molecule has 80 valence electrons. The molecule has 0 bridgehead atoms. The number of aromatic hydroxyl groups is 3. The van der Waals surface area contributed by atoms with Gasteiger partial charge in [-0.05, 0) is 41.3 Å². The molecule has 0 spiro atoms. The maximum Gasteiger partial charge on any atom is 0.127 e. The largest absolute Gasteiger partial charge is 0.508 e. The lowest BCUT2D eigenvalue weighted by molar-refractivity contribution is 0.451. The van der Waals surface area contributed by atoms with E-state index in [0.29, 0.717) is 6.42 Å². The lowest BCUT2D eigenvalue weighted by Crippen LogP contribution is -1.80. The van der Waals surface area contributed by atoms with Gasteiger partial charge in [0.05, 0.1) is 0 Å². The van der Waals surface area contributed by atoms with Crippen LogP contribution in [0, 0.1) is 0 Å². The van der Waals surface area contributed by atoms with Crippen molar-refractivity contribution in [1.29, 1.82) is 0 Å². The molecular weight excluding hydrogens is 204 g/mol. The molecule has 3 N–H and O–H groups in total. The Morgan fingerprint density at radius 2 is 1.56 bits per heavy atom. The van der Waals surface area contributed by atoms with E-state index < -0.39 is 0 Å². The number of benzene rings is 2. The van der Waals surface area contributed by atoms with Gasteiger partial charge < -0.3 is 15.3 Å². The molecule has 2 aromatic carbocycles. The monoisotopic (exact) mass is 214 g/mol. The number of fused-ring (bicyclic) bond motifs is 3. The van der Waals surface area contributed by atoms with Gasteiger partial charge in [-0.25, -0.2) is 0 Å². The Labute approximate surface area is 92.2 Å². The molecule has 1 aliphatic carbocycles. The van der Waals surface area contributed by atoms with Crippen LogP contribution in [0.15, 0.2) is 30.3 Å². The predicted octanol–water partition coefficient (Wildman–Crippen LogP) is 2.37. The minimum Gasteiger partial charge on any atom is -0.508 e. The zero-order valence-electron chi connectivity index (χ0n) is 8.44. The van der Waals surface area contributed by atoms with E-state index in [1.807, 2.05) is 0 Å². The van der Waals surface area contributed by atoms with Crippen molar-refractivity contribution in [2.24, 2.45) is 0 Å². The number of rotatable bonds is 0. The van der Waals surface area contributed by atoms with Gasteiger partial charge in [0.2, 0.25) is 0 Å². The summed E-state index contributed by atoms with van der Waals surface area (Å²) in [6.45, 7) is 0. The molecule has 3 heteroatoms. The smallest absolute Gasteiger partial charge is 0.127 e. The lowest BCUT2D eigenvalue weighted by Gasteiger charge is -2.04. The van der Waals surface area contributed by atoms with Crippen LogP contribution in [0.25, 0.3) is 11.1 Å². The maximum absolute atomic E-state index is 9.81. The highest BCUT2D eigenvalue weighted by molar-refractivity contribution is 5.82. The average Bonchev–Trinajstić information content (AvgIpc) is 2.54. The molecule has 0 aromatic heterocycles. The Hall–Kier alpha value is -2.16. The molecule has 1 aliphatic rings. The van der Waals surface area contributed by atoms with Crippen LogP contribution in [0.5, 0.6) is 17.2 Å². The lowest BCUT2D eigenvalue weighted by atomic mass is 10.0. The molecule has 16 heavy (non-hydrogen) atoms. The summed E-state index contributed by atoms with van der Waals surface area (Å²) >= 11 is 0. The van der Waals surface area contributed by atoms with Crippen LogP contribution in [-0.4, -0.2) is 15.3 Å². The van der Waals surface area contributed by atoms with Crippen LogP contribution < -0.4 is 0 Å².